The van der Waals surface area contributed by atoms with Crippen molar-refractivity contribution in [2.75, 3.05) is 0 Å². The lowest BCUT2D eigenvalue weighted by Crippen LogP contribution is -2.36. The quantitative estimate of drug-likeness (QED) is 0.630. The molecule has 0 aliphatic rings. The van der Waals surface area contributed by atoms with E-state index in [1.54, 1.807) is 0 Å². The molecule has 122 valence electrons. The fraction of sp³-hybridized carbons (Fsp3) is 1.00. The van der Waals surface area contributed by atoms with Crippen molar-refractivity contribution >= 4 is 0 Å². The molecule has 0 heterocycles. The molecule has 0 fully saturated rings. The molecule has 0 saturated heterocycles. The van der Waals surface area contributed by atoms with Crippen LogP contribution in [0.3, 0.4) is 0 Å². The Kier molecular flexibility index (Phi) is 8.40. The first-order valence-electron chi connectivity index (χ1n) is 8.77. The van der Waals surface area contributed by atoms with Crippen LogP contribution < -0.4 is 5.73 Å². The van der Waals surface area contributed by atoms with Crippen LogP contribution in [-0.2, 0) is 0 Å². The van der Waals surface area contributed by atoms with E-state index < -0.39 is 0 Å². The fourth-order valence-corrected chi connectivity index (χ4v) is 3.48. The molecule has 0 aromatic rings. The Bertz CT molecular complexity index is 232. The molecule has 0 saturated carbocycles. The summed E-state index contributed by atoms with van der Waals surface area (Å²) in [6, 6.07) is 0.293. The largest absolute Gasteiger partial charge is 0.328 e. The summed E-state index contributed by atoms with van der Waals surface area (Å²) in [6.45, 7) is 23.7. The minimum absolute atomic E-state index is 0.293. The first-order chi connectivity index (χ1) is 9.02. The second-order valence-corrected chi connectivity index (χ2v) is 8.12. The molecule has 0 aliphatic carbocycles. The number of hydrogen-bond donors (Lipinski definition) is 1. The maximum Gasteiger partial charge on any atom is 0.00387 e. The third-order valence-corrected chi connectivity index (χ3v) is 6.86. The molecule has 2 N–H and O–H groups in total. The average molecular weight is 284 g/mol. The Labute approximate surface area is 129 Å². The van der Waals surface area contributed by atoms with Crippen molar-refractivity contribution < 1.29 is 0 Å². The smallest absolute Gasteiger partial charge is 0.00387 e. The summed E-state index contributed by atoms with van der Waals surface area (Å²) in [5.74, 6) is 5.88. The van der Waals surface area contributed by atoms with Gasteiger partial charge in [0.05, 0.1) is 0 Å². The fourth-order valence-electron chi connectivity index (χ4n) is 3.48. The van der Waals surface area contributed by atoms with Crippen LogP contribution in [0.1, 0.15) is 69.2 Å². The SMILES string of the molecule is CC(C)C(C)C(C)C(C)C(C)C(C)C(C)C(C)C(C)N. The van der Waals surface area contributed by atoms with Gasteiger partial charge in [0, 0.05) is 6.04 Å². The molecule has 0 aliphatic heterocycles. The Morgan fingerprint density at radius 3 is 0.900 bits per heavy atom. The second-order valence-electron chi connectivity index (χ2n) is 8.12. The van der Waals surface area contributed by atoms with E-state index in [1.165, 1.54) is 0 Å². The first-order valence-corrected chi connectivity index (χ1v) is 8.77. The van der Waals surface area contributed by atoms with E-state index >= 15 is 0 Å². The molecule has 1 nitrogen and oxygen atoms in total. The molecule has 0 aromatic heterocycles. The van der Waals surface area contributed by atoms with Gasteiger partial charge in [-0.3, -0.25) is 0 Å². The highest BCUT2D eigenvalue weighted by Gasteiger charge is 2.32. The lowest BCUT2D eigenvalue weighted by Gasteiger charge is -2.39. The van der Waals surface area contributed by atoms with E-state index in [0.29, 0.717) is 17.9 Å². The normalized spacial score (nSPS) is 24.6. The highest BCUT2D eigenvalue weighted by atomic mass is 14.6. The van der Waals surface area contributed by atoms with Crippen molar-refractivity contribution in [3.8, 4) is 0 Å². The van der Waals surface area contributed by atoms with Gasteiger partial charge in [-0.15, -0.1) is 0 Å². The summed E-state index contributed by atoms with van der Waals surface area (Å²) >= 11 is 0. The van der Waals surface area contributed by atoms with E-state index in [1.807, 2.05) is 0 Å². The Morgan fingerprint density at radius 1 is 0.400 bits per heavy atom. The number of nitrogens with two attached hydrogens (primary N) is 1. The minimum atomic E-state index is 0.293. The van der Waals surface area contributed by atoms with Crippen LogP contribution in [0.25, 0.3) is 0 Å². The van der Waals surface area contributed by atoms with Crippen LogP contribution in [-0.4, -0.2) is 6.04 Å². The van der Waals surface area contributed by atoms with Gasteiger partial charge in [0.1, 0.15) is 0 Å². The Balaban J connectivity index is 4.75. The third-order valence-electron chi connectivity index (χ3n) is 6.86. The lowest BCUT2D eigenvalue weighted by atomic mass is 9.67. The van der Waals surface area contributed by atoms with Gasteiger partial charge in [0.25, 0.3) is 0 Å². The van der Waals surface area contributed by atoms with E-state index in [-0.39, 0.29) is 0 Å². The Morgan fingerprint density at radius 2 is 0.650 bits per heavy atom. The van der Waals surface area contributed by atoms with E-state index in [9.17, 15) is 0 Å². The summed E-state index contributed by atoms with van der Waals surface area (Å²) in [5.41, 5.74) is 6.10. The van der Waals surface area contributed by atoms with Crippen LogP contribution in [0.2, 0.25) is 0 Å². The summed E-state index contributed by atoms with van der Waals surface area (Å²) in [6.07, 6.45) is 0. The zero-order valence-corrected chi connectivity index (χ0v) is 15.8. The molecular weight excluding hydrogens is 242 g/mol. The minimum Gasteiger partial charge on any atom is -0.328 e. The Hall–Kier alpha value is -0.0400. The third kappa shape index (κ3) is 5.06. The van der Waals surface area contributed by atoms with E-state index in [4.69, 9.17) is 5.73 Å². The van der Waals surface area contributed by atoms with E-state index in [2.05, 4.69) is 69.2 Å². The molecule has 0 rings (SSSR count). The zero-order chi connectivity index (χ0) is 16.2. The predicted molar refractivity (Wildman–Crippen MR) is 92.6 cm³/mol. The van der Waals surface area contributed by atoms with Crippen molar-refractivity contribution in [3.63, 3.8) is 0 Å². The van der Waals surface area contributed by atoms with Gasteiger partial charge in [-0.2, -0.15) is 0 Å². The van der Waals surface area contributed by atoms with Gasteiger partial charge in [-0.25, -0.2) is 0 Å². The van der Waals surface area contributed by atoms with Crippen LogP contribution in [0.5, 0.6) is 0 Å². The molecule has 8 unspecified atom stereocenters. The lowest BCUT2D eigenvalue weighted by molar-refractivity contribution is 0.101. The van der Waals surface area contributed by atoms with Gasteiger partial charge in [-0.1, -0.05) is 62.3 Å². The second kappa shape index (κ2) is 8.41. The highest BCUT2D eigenvalue weighted by Crippen LogP contribution is 2.38. The van der Waals surface area contributed by atoms with Crippen LogP contribution in [0, 0.1) is 47.3 Å². The van der Waals surface area contributed by atoms with Gasteiger partial charge in [0.2, 0.25) is 0 Å². The highest BCUT2D eigenvalue weighted by molar-refractivity contribution is 4.82. The summed E-state index contributed by atoms with van der Waals surface area (Å²) in [4.78, 5) is 0. The molecular formula is C19H41N. The van der Waals surface area contributed by atoms with Crippen LogP contribution >= 0.6 is 0 Å². The summed E-state index contributed by atoms with van der Waals surface area (Å²) < 4.78 is 0. The standard InChI is InChI=1S/C19H41N/c1-11(2)12(3)13(4)14(5)15(6)16(7)17(8)18(9)19(10)20/h11-19H,20H2,1-10H3. The van der Waals surface area contributed by atoms with Crippen LogP contribution in [0.4, 0.5) is 0 Å². The molecule has 0 radical (unpaired) electrons. The molecule has 1 heteroatoms. The number of rotatable bonds is 8. The maximum absolute atomic E-state index is 6.10. The first kappa shape index (κ1) is 20.0. The zero-order valence-electron chi connectivity index (χ0n) is 15.8. The van der Waals surface area contributed by atoms with Crippen LogP contribution in [0.15, 0.2) is 0 Å². The molecule has 20 heavy (non-hydrogen) atoms. The van der Waals surface area contributed by atoms with Gasteiger partial charge >= 0.3 is 0 Å². The topological polar surface area (TPSA) is 26.0 Å². The van der Waals surface area contributed by atoms with Gasteiger partial charge in [-0.05, 0) is 54.3 Å². The van der Waals surface area contributed by atoms with Crippen molar-refractivity contribution in [1.82, 2.24) is 0 Å². The monoisotopic (exact) mass is 283 g/mol. The van der Waals surface area contributed by atoms with Crippen molar-refractivity contribution in [2.45, 2.75) is 75.3 Å². The number of hydrogen-bond acceptors (Lipinski definition) is 1. The maximum atomic E-state index is 6.10. The van der Waals surface area contributed by atoms with Gasteiger partial charge < -0.3 is 5.73 Å². The molecule has 0 amide bonds. The van der Waals surface area contributed by atoms with Gasteiger partial charge in [0.15, 0.2) is 0 Å². The molecule has 0 bridgehead atoms. The molecule has 0 spiro atoms. The average Bonchev–Trinajstić information content (AvgIpc) is 2.40. The van der Waals surface area contributed by atoms with E-state index in [0.717, 1.165) is 35.5 Å². The summed E-state index contributed by atoms with van der Waals surface area (Å²) in [5, 5.41) is 0. The van der Waals surface area contributed by atoms with Crippen molar-refractivity contribution in [1.29, 1.82) is 0 Å². The summed E-state index contributed by atoms with van der Waals surface area (Å²) in [7, 11) is 0. The molecule has 0 aromatic carbocycles. The van der Waals surface area contributed by atoms with Crippen molar-refractivity contribution in [3.05, 3.63) is 0 Å². The van der Waals surface area contributed by atoms with Crippen molar-refractivity contribution in [2.24, 2.45) is 53.1 Å². The predicted octanol–water partition coefficient (Wildman–Crippen LogP) is 5.44. The molecule has 8 atom stereocenters.